The molecule has 2 unspecified atom stereocenters. The van der Waals surface area contributed by atoms with E-state index in [0.29, 0.717) is 11.7 Å². The van der Waals surface area contributed by atoms with E-state index in [1.54, 1.807) is 6.92 Å². The second-order valence-electron chi connectivity index (χ2n) is 5.48. The van der Waals surface area contributed by atoms with Gasteiger partial charge in [-0.05, 0) is 73.3 Å². The highest BCUT2D eigenvalue weighted by molar-refractivity contribution is 9.10. The average molecular weight is 355 g/mol. The van der Waals surface area contributed by atoms with Gasteiger partial charge in [0.1, 0.15) is 5.75 Å². The van der Waals surface area contributed by atoms with Gasteiger partial charge in [0.15, 0.2) is 6.10 Å². The van der Waals surface area contributed by atoms with Gasteiger partial charge in [-0.1, -0.05) is 12.1 Å². The normalized spacial score (nSPS) is 19.8. The van der Waals surface area contributed by atoms with Crippen molar-refractivity contribution in [2.75, 3.05) is 19.6 Å². The van der Waals surface area contributed by atoms with Gasteiger partial charge in [-0.15, -0.1) is 0 Å². The van der Waals surface area contributed by atoms with E-state index in [-0.39, 0.29) is 5.91 Å². The number of piperidine rings is 1. The fourth-order valence-electron chi connectivity index (χ4n) is 2.50. The summed E-state index contributed by atoms with van der Waals surface area (Å²) in [6.45, 7) is 4.68. The summed E-state index contributed by atoms with van der Waals surface area (Å²) >= 11 is 3.41. The van der Waals surface area contributed by atoms with Crippen molar-refractivity contribution in [1.29, 1.82) is 0 Å². The molecule has 116 valence electrons. The van der Waals surface area contributed by atoms with E-state index >= 15 is 0 Å². The number of carbonyl (C=O) groups is 1. The van der Waals surface area contributed by atoms with Gasteiger partial charge >= 0.3 is 0 Å². The predicted molar refractivity (Wildman–Crippen MR) is 87.5 cm³/mol. The number of rotatable bonds is 6. The molecule has 4 nitrogen and oxygen atoms in total. The lowest BCUT2D eigenvalue weighted by Gasteiger charge is -2.23. The number of carbonyl (C=O) groups excluding carboxylic acids is 1. The molecule has 21 heavy (non-hydrogen) atoms. The molecular formula is C16H23BrN2O2. The Balaban J connectivity index is 1.71. The minimum atomic E-state index is -0.492. The molecule has 0 saturated carbocycles. The summed E-state index contributed by atoms with van der Waals surface area (Å²) in [6.07, 6.45) is 3.03. The maximum absolute atomic E-state index is 12.0. The number of ether oxygens (including phenoxy) is 1. The summed E-state index contributed by atoms with van der Waals surface area (Å²) in [4.78, 5) is 12.0. The summed E-state index contributed by atoms with van der Waals surface area (Å²) < 4.78 is 6.54. The van der Waals surface area contributed by atoms with Gasteiger partial charge in [0.2, 0.25) is 0 Å². The Morgan fingerprint density at radius 3 is 3.05 bits per heavy atom. The van der Waals surface area contributed by atoms with Gasteiger partial charge in [-0.3, -0.25) is 4.79 Å². The molecule has 1 saturated heterocycles. The SMILES string of the molecule is CC(Oc1ccccc1Br)C(=O)NCCC1CCCNC1. The third-order valence-electron chi connectivity index (χ3n) is 3.76. The highest BCUT2D eigenvalue weighted by atomic mass is 79.9. The zero-order valence-corrected chi connectivity index (χ0v) is 14.0. The summed E-state index contributed by atoms with van der Waals surface area (Å²) in [6, 6.07) is 7.55. The first-order valence-corrected chi connectivity index (χ1v) is 8.35. The number of benzene rings is 1. The maximum Gasteiger partial charge on any atom is 0.260 e. The predicted octanol–water partition coefficient (Wildman–Crippen LogP) is 2.72. The lowest BCUT2D eigenvalue weighted by molar-refractivity contribution is -0.127. The Morgan fingerprint density at radius 1 is 1.52 bits per heavy atom. The van der Waals surface area contributed by atoms with Crippen LogP contribution in [0.1, 0.15) is 26.2 Å². The minimum Gasteiger partial charge on any atom is -0.480 e. The van der Waals surface area contributed by atoms with Crippen LogP contribution in [0.25, 0.3) is 0 Å². The van der Waals surface area contributed by atoms with E-state index in [4.69, 9.17) is 4.74 Å². The Hall–Kier alpha value is -1.07. The van der Waals surface area contributed by atoms with Crippen LogP contribution in [0.2, 0.25) is 0 Å². The Bertz CT molecular complexity index is 461. The summed E-state index contributed by atoms with van der Waals surface area (Å²) in [5.74, 6) is 1.31. The molecule has 1 aliphatic heterocycles. The molecule has 0 aliphatic carbocycles. The van der Waals surface area contributed by atoms with Gasteiger partial charge in [0.25, 0.3) is 5.91 Å². The van der Waals surface area contributed by atoms with Crippen LogP contribution in [-0.4, -0.2) is 31.6 Å². The molecule has 1 aromatic carbocycles. The highest BCUT2D eigenvalue weighted by Gasteiger charge is 2.17. The Morgan fingerprint density at radius 2 is 2.33 bits per heavy atom. The molecule has 1 heterocycles. The lowest BCUT2D eigenvalue weighted by atomic mass is 9.96. The molecule has 1 aliphatic rings. The number of halogens is 1. The van der Waals surface area contributed by atoms with E-state index in [1.165, 1.54) is 12.8 Å². The number of amides is 1. The van der Waals surface area contributed by atoms with Crippen molar-refractivity contribution in [2.24, 2.45) is 5.92 Å². The van der Waals surface area contributed by atoms with Gasteiger partial charge in [-0.2, -0.15) is 0 Å². The fraction of sp³-hybridized carbons (Fsp3) is 0.562. The van der Waals surface area contributed by atoms with Gasteiger partial charge in [0, 0.05) is 6.54 Å². The summed E-state index contributed by atoms with van der Waals surface area (Å²) in [5.41, 5.74) is 0. The van der Waals surface area contributed by atoms with E-state index in [0.717, 1.165) is 30.5 Å². The standard InChI is InChI=1S/C16H23BrN2O2/c1-12(21-15-7-3-2-6-14(15)17)16(20)19-10-8-13-5-4-9-18-11-13/h2-3,6-7,12-13,18H,4-5,8-11H2,1H3,(H,19,20). The van der Waals surface area contributed by atoms with Crippen molar-refractivity contribution < 1.29 is 9.53 Å². The molecule has 2 atom stereocenters. The molecule has 0 spiro atoms. The summed E-state index contributed by atoms with van der Waals surface area (Å²) in [7, 11) is 0. The van der Waals surface area contributed by atoms with Gasteiger partial charge in [-0.25, -0.2) is 0 Å². The topological polar surface area (TPSA) is 50.4 Å². The molecule has 0 bridgehead atoms. The van der Waals surface area contributed by atoms with E-state index in [2.05, 4.69) is 26.6 Å². The molecule has 2 rings (SSSR count). The number of nitrogens with one attached hydrogen (secondary N) is 2. The Kier molecular flexibility index (Phi) is 6.51. The van der Waals surface area contributed by atoms with Crippen molar-refractivity contribution in [3.05, 3.63) is 28.7 Å². The molecule has 1 amide bonds. The molecule has 0 aromatic heterocycles. The van der Waals surface area contributed by atoms with Crippen LogP contribution in [0.4, 0.5) is 0 Å². The first-order valence-electron chi connectivity index (χ1n) is 7.56. The van der Waals surface area contributed by atoms with Crippen LogP contribution < -0.4 is 15.4 Å². The van der Waals surface area contributed by atoms with E-state index in [1.807, 2.05) is 24.3 Å². The first-order chi connectivity index (χ1) is 10.2. The average Bonchev–Trinajstić information content (AvgIpc) is 2.50. The molecule has 0 radical (unpaired) electrons. The lowest BCUT2D eigenvalue weighted by Crippen LogP contribution is -2.38. The van der Waals surface area contributed by atoms with Crippen molar-refractivity contribution in [2.45, 2.75) is 32.3 Å². The van der Waals surface area contributed by atoms with Crippen LogP contribution in [0, 0.1) is 5.92 Å². The summed E-state index contributed by atoms with van der Waals surface area (Å²) in [5, 5.41) is 6.35. The second-order valence-corrected chi connectivity index (χ2v) is 6.34. The quantitative estimate of drug-likeness (QED) is 0.825. The number of hydrogen-bond acceptors (Lipinski definition) is 3. The third kappa shape index (κ3) is 5.32. The van der Waals surface area contributed by atoms with Crippen LogP contribution in [0.3, 0.4) is 0 Å². The van der Waals surface area contributed by atoms with Crippen molar-refractivity contribution in [3.63, 3.8) is 0 Å². The monoisotopic (exact) mass is 354 g/mol. The van der Waals surface area contributed by atoms with Gasteiger partial charge in [0.05, 0.1) is 4.47 Å². The smallest absolute Gasteiger partial charge is 0.260 e. The van der Waals surface area contributed by atoms with Gasteiger partial charge < -0.3 is 15.4 Å². The second kappa shape index (κ2) is 8.39. The third-order valence-corrected chi connectivity index (χ3v) is 4.42. The molecule has 5 heteroatoms. The van der Waals surface area contributed by atoms with Crippen LogP contribution in [0.15, 0.2) is 28.7 Å². The molecule has 1 fully saturated rings. The minimum absolute atomic E-state index is 0.0606. The molecule has 2 N–H and O–H groups in total. The van der Waals surface area contributed by atoms with Crippen molar-refractivity contribution in [3.8, 4) is 5.75 Å². The molecular weight excluding hydrogens is 332 g/mol. The largest absolute Gasteiger partial charge is 0.480 e. The fourth-order valence-corrected chi connectivity index (χ4v) is 2.88. The first kappa shape index (κ1) is 16.3. The van der Waals surface area contributed by atoms with E-state index < -0.39 is 6.10 Å². The maximum atomic E-state index is 12.0. The Labute approximate surface area is 134 Å². The van der Waals surface area contributed by atoms with Crippen molar-refractivity contribution >= 4 is 21.8 Å². The van der Waals surface area contributed by atoms with Crippen molar-refractivity contribution in [1.82, 2.24) is 10.6 Å². The van der Waals surface area contributed by atoms with Crippen LogP contribution in [0.5, 0.6) is 5.75 Å². The van der Waals surface area contributed by atoms with Crippen LogP contribution in [-0.2, 0) is 4.79 Å². The zero-order chi connectivity index (χ0) is 15.1. The zero-order valence-electron chi connectivity index (χ0n) is 12.4. The molecule has 1 aromatic rings. The van der Waals surface area contributed by atoms with Crippen LogP contribution >= 0.6 is 15.9 Å². The van der Waals surface area contributed by atoms with E-state index in [9.17, 15) is 4.79 Å². The highest BCUT2D eigenvalue weighted by Crippen LogP contribution is 2.24. The number of hydrogen-bond donors (Lipinski definition) is 2. The number of para-hydroxylation sites is 1.